The monoisotopic (exact) mass is 164 g/mol. The first kappa shape index (κ1) is 10.3. The molecule has 0 spiro atoms. The van der Waals surface area contributed by atoms with Crippen LogP contribution in [0.2, 0.25) is 0 Å². The maximum Gasteiger partial charge on any atom is 0.0652 e. The Labute approximate surface area is 67.0 Å². The van der Waals surface area contributed by atoms with E-state index in [4.69, 9.17) is 4.74 Å². The predicted octanol–water partition coefficient (Wildman–Crippen LogP) is 1.14. The molecule has 2 nitrogen and oxygen atoms in total. The SMILES string of the molecule is CCOCCC(O)CSC. The summed E-state index contributed by atoms with van der Waals surface area (Å²) in [6, 6.07) is 0. The summed E-state index contributed by atoms with van der Waals surface area (Å²) in [7, 11) is 0. The smallest absolute Gasteiger partial charge is 0.0652 e. The lowest BCUT2D eigenvalue weighted by Crippen LogP contribution is -2.12. The van der Waals surface area contributed by atoms with Crippen molar-refractivity contribution in [3.63, 3.8) is 0 Å². The van der Waals surface area contributed by atoms with Crippen molar-refractivity contribution in [2.24, 2.45) is 0 Å². The van der Waals surface area contributed by atoms with Gasteiger partial charge in [-0.15, -0.1) is 0 Å². The molecule has 0 bridgehead atoms. The molecule has 0 amide bonds. The molecule has 3 heteroatoms. The zero-order chi connectivity index (χ0) is 7.82. The van der Waals surface area contributed by atoms with E-state index in [1.54, 1.807) is 11.8 Å². The van der Waals surface area contributed by atoms with Crippen LogP contribution >= 0.6 is 11.8 Å². The fourth-order valence-electron chi connectivity index (χ4n) is 0.639. The van der Waals surface area contributed by atoms with E-state index >= 15 is 0 Å². The standard InChI is InChI=1S/C7H16O2S/c1-3-9-5-4-7(8)6-10-2/h7-8H,3-6H2,1-2H3. The Morgan fingerprint density at radius 2 is 2.30 bits per heavy atom. The second-order valence-corrected chi connectivity index (χ2v) is 3.01. The van der Waals surface area contributed by atoms with E-state index in [0.717, 1.165) is 18.8 Å². The van der Waals surface area contributed by atoms with Crippen LogP contribution in [0.25, 0.3) is 0 Å². The maximum absolute atomic E-state index is 9.17. The lowest BCUT2D eigenvalue weighted by atomic mass is 10.3. The summed E-state index contributed by atoms with van der Waals surface area (Å²) in [4.78, 5) is 0. The van der Waals surface area contributed by atoms with Gasteiger partial charge in [0.15, 0.2) is 0 Å². The van der Waals surface area contributed by atoms with E-state index in [1.807, 2.05) is 13.2 Å². The van der Waals surface area contributed by atoms with Gasteiger partial charge in [0.05, 0.1) is 6.10 Å². The number of hydrogen-bond donors (Lipinski definition) is 1. The summed E-state index contributed by atoms with van der Waals surface area (Å²) >= 11 is 1.66. The molecule has 0 fully saturated rings. The van der Waals surface area contributed by atoms with Gasteiger partial charge in [-0.2, -0.15) is 11.8 Å². The van der Waals surface area contributed by atoms with Crippen molar-refractivity contribution in [1.29, 1.82) is 0 Å². The quantitative estimate of drug-likeness (QED) is 0.597. The van der Waals surface area contributed by atoms with Crippen LogP contribution in [-0.2, 0) is 4.74 Å². The van der Waals surface area contributed by atoms with Crippen molar-refractivity contribution < 1.29 is 9.84 Å². The summed E-state index contributed by atoms with van der Waals surface area (Å²) in [5.74, 6) is 0.813. The molecule has 10 heavy (non-hydrogen) atoms. The third kappa shape index (κ3) is 6.39. The van der Waals surface area contributed by atoms with Crippen LogP contribution < -0.4 is 0 Å². The Kier molecular flexibility index (Phi) is 7.58. The average molecular weight is 164 g/mol. The van der Waals surface area contributed by atoms with Gasteiger partial charge in [0.1, 0.15) is 0 Å². The molecule has 62 valence electrons. The van der Waals surface area contributed by atoms with E-state index in [-0.39, 0.29) is 6.10 Å². The van der Waals surface area contributed by atoms with Crippen LogP contribution in [0.1, 0.15) is 13.3 Å². The molecule has 0 saturated carbocycles. The maximum atomic E-state index is 9.17. The first-order valence-corrected chi connectivity index (χ1v) is 4.95. The fraction of sp³-hybridized carbons (Fsp3) is 1.00. The summed E-state index contributed by atoms with van der Waals surface area (Å²) in [5.41, 5.74) is 0. The molecule has 1 atom stereocenters. The van der Waals surface area contributed by atoms with Crippen molar-refractivity contribution in [3.8, 4) is 0 Å². The van der Waals surface area contributed by atoms with Crippen molar-refractivity contribution >= 4 is 11.8 Å². The van der Waals surface area contributed by atoms with Crippen LogP contribution in [0.3, 0.4) is 0 Å². The summed E-state index contributed by atoms with van der Waals surface area (Å²) in [6.07, 6.45) is 2.56. The summed E-state index contributed by atoms with van der Waals surface area (Å²) in [5, 5.41) is 9.17. The number of rotatable bonds is 6. The highest BCUT2D eigenvalue weighted by atomic mass is 32.2. The number of ether oxygens (including phenoxy) is 1. The van der Waals surface area contributed by atoms with Gasteiger partial charge in [0.25, 0.3) is 0 Å². The van der Waals surface area contributed by atoms with Crippen molar-refractivity contribution in [3.05, 3.63) is 0 Å². The van der Waals surface area contributed by atoms with Gasteiger partial charge >= 0.3 is 0 Å². The molecule has 0 radical (unpaired) electrons. The first-order valence-electron chi connectivity index (χ1n) is 3.56. The Morgan fingerprint density at radius 3 is 2.80 bits per heavy atom. The zero-order valence-electron chi connectivity index (χ0n) is 6.67. The Hall–Kier alpha value is 0.270. The topological polar surface area (TPSA) is 29.5 Å². The van der Waals surface area contributed by atoms with Gasteiger partial charge in [-0.1, -0.05) is 0 Å². The Bertz CT molecular complexity index is 68.6. The van der Waals surface area contributed by atoms with Crippen LogP contribution in [0, 0.1) is 0 Å². The summed E-state index contributed by atoms with van der Waals surface area (Å²) < 4.78 is 5.08. The minimum Gasteiger partial charge on any atom is -0.392 e. The number of hydrogen-bond acceptors (Lipinski definition) is 3. The van der Waals surface area contributed by atoms with Crippen LogP contribution in [-0.4, -0.2) is 36.4 Å². The van der Waals surface area contributed by atoms with Gasteiger partial charge in [0.2, 0.25) is 0 Å². The van der Waals surface area contributed by atoms with Crippen molar-refractivity contribution in [2.45, 2.75) is 19.4 Å². The van der Waals surface area contributed by atoms with E-state index in [0.29, 0.717) is 6.61 Å². The van der Waals surface area contributed by atoms with Crippen molar-refractivity contribution in [1.82, 2.24) is 0 Å². The highest BCUT2D eigenvalue weighted by Crippen LogP contribution is 2.00. The molecule has 0 aliphatic heterocycles. The first-order chi connectivity index (χ1) is 4.81. The van der Waals surface area contributed by atoms with Crippen molar-refractivity contribution in [2.75, 3.05) is 25.2 Å². The molecule has 0 aliphatic rings. The third-order valence-corrected chi connectivity index (χ3v) is 1.88. The minimum absolute atomic E-state index is 0.193. The second-order valence-electron chi connectivity index (χ2n) is 2.09. The van der Waals surface area contributed by atoms with Crippen LogP contribution in [0.4, 0.5) is 0 Å². The second kappa shape index (κ2) is 7.38. The van der Waals surface area contributed by atoms with E-state index in [1.165, 1.54) is 0 Å². The molecule has 0 aliphatic carbocycles. The van der Waals surface area contributed by atoms with Gasteiger partial charge in [-0.3, -0.25) is 0 Å². The Balaban J connectivity index is 2.97. The molecule has 0 aromatic carbocycles. The van der Waals surface area contributed by atoms with E-state index < -0.39 is 0 Å². The highest BCUT2D eigenvalue weighted by molar-refractivity contribution is 7.98. The van der Waals surface area contributed by atoms with E-state index in [9.17, 15) is 5.11 Å². The number of aliphatic hydroxyl groups is 1. The van der Waals surface area contributed by atoms with Gasteiger partial charge in [-0.05, 0) is 19.6 Å². The predicted molar refractivity (Wildman–Crippen MR) is 45.5 cm³/mol. The van der Waals surface area contributed by atoms with Crippen LogP contribution in [0.5, 0.6) is 0 Å². The van der Waals surface area contributed by atoms with Gasteiger partial charge in [-0.25, -0.2) is 0 Å². The minimum atomic E-state index is -0.193. The van der Waals surface area contributed by atoms with Gasteiger partial charge < -0.3 is 9.84 Å². The summed E-state index contributed by atoms with van der Waals surface area (Å²) in [6.45, 7) is 3.38. The third-order valence-electron chi connectivity index (χ3n) is 1.16. The normalized spacial score (nSPS) is 13.5. The molecule has 0 aromatic heterocycles. The average Bonchev–Trinajstić information content (AvgIpc) is 1.89. The molecule has 0 heterocycles. The van der Waals surface area contributed by atoms with E-state index in [2.05, 4.69) is 0 Å². The molecular formula is C7H16O2S. The number of aliphatic hydroxyl groups excluding tert-OH is 1. The molecule has 0 saturated heterocycles. The molecular weight excluding hydrogens is 148 g/mol. The Morgan fingerprint density at radius 1 is 1.60 bits per heavy atom. The largest absolute Gasteiger partial charge is 0.392 e. The molecule has 1 unspecified atom stereocenters. The molecule has 0 rings (SSSR count). The molecule has 0 aromatic rings. The molecule has 1 N–H and O–H groups in total. The lowest BCUT2D eigenvalue weighted by Gasteiger charge is -2.07. The lowest BCUT2D eigenvalue weighted by molar-refractivity contribution is 0.0987. The highest BCUT2D eigenvalue weighted by Gasteiger charge is 2.00. The van der Waals surface area contributed by atoms with Gasteiger partial charge in [0, 0.05) is 19.0 Å². The number of thioether (sulfide) groups is 1. The van der Waals surface area contributed by atoms with Crippen LogP contribution in [0.15, 0.2) is 0 Å². The zero-order valence-corrected chi connectivity index (χ0v) is 7.49. The fourth-order valence-corrected chi connectivity index (χ4v) is 1.19.